The van der Waals surface area contributed by atoms with Gasteiger partial charge in [0, 0.05) is 52.9 Å². The smallest absolute Gasteiger partial charge is 0.106 e. The first-order valence-electron chi connectivity index (χ1n) is 6.48. The minimum Gasteiger partial charge on any atom is -0.379 e. The Morgan fingerprint density at radius 3 is 2.71 bits per heavy atom. The summed E-state index contributed by atoms with van der Waals surface area (Å²) in [5.41, 5.74) is -0.0923. The Kier molecular flexibility index (Phi) is 5.18. The third kappa shape index (κ3) is 3.89. The molecule has 0 radical (unpaired) electrons. The van der Waals surface area contributed by atoms with E-state index in [1.165, 1.54) is 0 Å². The van der Waals surface area contributed by atoms with Crippen molar-refractivity contribution < 1.29 is 14.2 Å². The molecule has 0 aromatic rings. The highest BCUT2D eigenvalue weighted by atomic mass is 16.5. The number of ether oxygens (including phenoxy) is 3. The van der Waals surface area contributed by atoms with Crippen LogP contribution in [0.5, 0.6) is 0 Å². The van der Waals surface area contributed by atoms with E-state index in [1.807, 2.05) is 0 Å². The van der Waals surface area contributed by atoms with Crippen LogP contribution in [-0.4, -0.2) is 76.8 Å². The molecule has 5 nitrogen and oxygen atoms in total. The third-order valence-electron chi connectivity index (χ3n) is 3.66. The van der Waals surface area contributed by atoms with E-state index >= 15 is 0 Å². The predicted octanol–water partition coefficient (Wildman–Crippen LogP) is -0.286. The Morgan fingerprint density at radius 1 is 1.24 bits per heavy atom. The van der Waals surface area contributed by atoms with E-state index in [-0.39, 0.29) is 5.60 Å². The number of hydrogen-bond acceptors (Lipinski definition) is 5. The lowest BCUT2D eigenvalue weighted by Crippen LogP contribution is -2.46. The van der Waals surface area contributed by atoms with Gasteiger partial charge in [0.15, 0.2) is 0 Å². The summed E-state index contributed by atoms with van der Waals surface area (Å²) in [6.45, 7) is 8.36. The number of methoxy groups -OCH3 is 1. The van der Waals surface area contributed by atoms with Gasteiger partial charge in [-0.1, -0.05) is 0 Å². The standard InChI is InChI=1S/C12H24N2O3/c1-15-12(2-7-17-11-12)10-13-3-4-14-5-8-16-9-6-14/h13H,2-11H2,1H3. The number of hydrogen-bond donors (Lipinski definition) is 1. The second kappa shape index (κ2) is 6.66. The maximum absolute atomic E-state index is 5.57. The van der Waals surface area contributed by atoms with Crippen molar-refractivity contribution in [1.29, 1.82) is 0 Å². The quantitative estimate of drug-likeness (QED) is 0.651. The largest absolute Gasteiger partial charge is 0.379 e. The van der Waals surface area contributed by atoms with Gasteiger partial charge in [0.2, 0.25) is 0 Å². The zero-order valence-corrected chi connectivity index (χ0v) is 10.7. The monoisotopic (exact) mass is 244 g/mol. The van der Waals surface area contributed by atoms with Crippen LogP contribution < -0.4 is 5.32 Å². The molecule has 2 rings (SSSR count). The second-order valence-electron chi connectivity index (χ2n) is 4.82. The van der Waals surface area contributed by atoms with Crippen LogP contribution in [0, 0.1) is 0 Å². The van der Waals surface area contributed by atoms with Gasteiger partial charge in [-0.3, -0.25) is 4.90 Å². The predicted molar refractivity (Wildman–Crippen MR) is 65.3 cm³/mol. The number of nitrogens with one attached hydrogen (secondary N) is 1. The number of rotatable bonds is 6. The Labute approximate surface area is 103 Å². The molecule has 0 spiro atoms. The van der Waals surface area contributed by atoms with Crippen LogP contribution in [0.4, 0.5) is 0 Å². The Hall–Kier alpha value is -0.200. The molecule has 0 aromatic heterocycles. The minimum atomic E-state index is -0.0923. The van der Waals surface area contributed by atoms with Gasteiger partial charge in [0.25, 0.3) is 0 Å². The van der Waals surface area contributed by atoms with Gasteiger partial charge in [-0.15, -0.1) is 0 Å². The summed E-state index contributed by atoms with van der Waals surface area (Å²) in [5.74, 6) is 0. The molecule has 0 bridgehead atoms. The van der Waals surface area contributed by atoms with Gasteiger partial charge in [-0.2, -0.15) is 0 Å². The lowest BCUT2D eigenvalue weighted by molar-refractivity contribution is -0.0165. The molecule has 0 aromatic carbocycles. The van der Waals surface area contributed by atoms with Crippen molar-refractivity contribution in [3.63, 3.8) is 0 Å². The van der Waals surface area contributed by atoms with Crippen molar-refractivity contribution >= 4 is 0 Å². The van der Waals surface area contributed by atoms with Crippen LogP contribution in [0.15, 0.2) is 0 Å². The molecular formula is C12H24N2O3. The van der Waals surface area contributed by atoms with Crippen molar-refractivity contribution in [3.8, 4) is 0 Å². The van der Waals surface area contributed by atoms with Gasteiger partial charge >= 0.3 is 0 Å². The van der Waals surface area contributed by atoms with Crippen molar-refractivity contribution in [2.24, 2.45) is 0 Å². The summed E-state index contributed by atoms with van der Waals surface area (Å²) < 4.78 is 16.3. The summed E-state index contributed by atoms with van der Waals surface area (Å²) in [6.07, 6.45) is 0.994. The third-order valence-corrected chi connectivity index (χ3v) is 3.66. The van der Waals surface area contributed by atoms with Crippen LogP contribution in [0.2, 0.25) is 0 Å². The van der Waals surface area contributed by atoms with Crippen molar-refractivity contribution in [2.45, 2.75) is 12.0 Å². The Bertz CT molecular complexity index is 214. The highest BCUT2D eigenvalue weighted by Crippen LogP contribution is 2.21. The van der Waals surface area contributed by atoms with Crippen LogP contribution in [0.1, 0.15) is 6.42 Å². The Morgan fingerprint density at radius 2 is 2.06 bits per heavy atom. The van der Waals surface area contributed by atoms with Gasteiger partial charge < -0.3 is 19.5 Å². The molecule has 1 atom stereocenters. The topological polar surface area (TPSA) is 43.0 Å². The van der Waals surface area contributed by atoms with E-state index in [1.54, 1.807) is 7.11 Å². The summed E-state index contributed by atoms with van der Waals surface area (Å²) >= 11 is 0. The normalized spacial score (nSPS) is 30.9. The maximum Gasteiger partial charge on any atom is 0.106 e. The molecule has 17 heavy (non-hydrogen) atoms. The van der Waals surface area contributed by atoms with Crippen molar-refractivity contribution in [3.05, 3.63) is 0 Å². The van der Waals surface area contributed by atoms with E-state index < -0.39 is 0 Å². The molecule has 5 heteroatoms. The maximum atomic E-state index is 5.57. The summed E-state index contributed by atoms with van der Waals surface area (Å²) in [7, 11) is 1.78. The highest BCUT2D eigenvalue weighted by Gasteiger charge is 2.34. The molecule has 0 amide bonds. The average Bonchev–Trinajstić information content (AvgIpc) is 2.85. The Balaban J connectivity index is 1.58. The molecule has 2 fully saturated rings. The summed E-state index contributed by atoms with van der Waals surface area (Å²) in [5, 5.41) is 3.48. The van der Waals surface area contributed by atoms with Crippen LogP contribution in [0.25, 0.3) is 0 Å². The van der Waals surface area contributed by atoms with E-state index in [0.717, 1.165) is 59.0 Å². The molecule has 100 valence electrons. The van der Waals surface area contributed by atoms with Gasteiger partial charge in [0.1, 0.15) is 5.60 Å². The first kappa shape index (κ1) is 13.2. The van der Waals surface area contributed by atoms with Crippen molar-refractivity contribution in [2.75, 3.05) is 66.3 Å². The minimum absolute atomic E-state index is 0.0923. The number of morpholine rings is 1. The van der Waals surface area contributed by atoms with E-state index in [0.29, 0.717) is 6.61 Å². The van der Waals surface area contributed by atoms with Crippen LogP contribution in [0.3, 0.4) is 0 Å². The zero-order valence-electron chi connectivity index (χ0n) is 10.7. The lowest BCUT2D eigenvalue weighted by atomic mass is 10.0. The SMILES string of the molecule is COC1(CNCCN2CCOCC2)CCOC1. The second-order valence-corrected chi connectivity index (χ2v) is 4.82. The first-order valence-corrected chi connectivity index (χ1v) is 6.48. The van der Waals surface area contributed by atoms with Gasteiger partial charge in [-0.05, 0) is 0 Å². The van der Waals surface area contributed by atoms with Crippen molar-refractivity contribution in [1.82, 2.24) is 10.2 Å². The molecule has 2 saturated heterocycles. The number of nitrogens with zero attached hydrogens (tertiary/aromatic N) is 1. The molecule has 1 N–H and O–H groups in total. The van der Waals surface area contributed by atoms with E-state index in [9.17, 15) is 0 Å². The van der Waals surface area contributed by atoms with E-state index in [2.05, 4.69) is 10.2 Å². The summed E-state index contributed by atoms with van der Waals surface area (Å²) in [4.78, 5) is 2.43. The fraction of sp³-hybridized carbons (Fsp3) is 1.00. The lowest BCUT2D eigenvalue weighted by Gasteiger charge is -2.29. The molecule has 0 aliphatic carbocycles. The van der Waals surface area contributed by atoms with Gasteiger partial charge in [-0.25, -0.2) is 0 Å². The molecule has 0 saturated carbocycles. The van der Waals surface area contributed by atoms with E-state index in [4.69, 9.17) is 14.2 Å². The van der Waals surface area contributed by atoms with Crippen LogP contribution >= 0.6 is 0 Å². The zero-order chi connectivity index (χ0) is 12.0. The first-order chi connectivity index (χ1) is 8.35. The fourth-order valence-corrected chi connectivity index (χ4v) is 2.34. The van der Waals surface area contributed by atoms with Gasteiger partial charge in [0.05, 0.1) is 19.8 Å². The molecule has 2 aliphatic rings. The molecule has 2 aliphatic heterocycles. The highest BCUT2D eigenvalue weighted by molar-refractivity contribution is 4.87. The molecular weight excluding hydrogens is 220 g/mol. The molecule has 1 unspecified atom stereocenters. The molecule has 2 heterocycles. The van der Waals surface area contributed by atoms with Crippen LogP contribution in [-0.2, 0) is 14.2 Å². The fourth-order valence-electron chi connectivity index (χ4n) is 2.34. The average molecular weight is 244 g/mol. The summed E-state index contributed by atoms with van der Waals surface area (Å²) in [6, 6.07) is 0.